The van der Waals surface area contributed by atoms with Gasteiger partial charge in [-0.15, -0.1) is 0 Å². The fourth-order valence-corrected chi connectivity index (χ4v) is 3.72. The number of hydrogen-bond acceptors (Lipinski definition) is 7. The molecule has 1 atom stereocenters. The molecule has 0 spiro atoms. The molecule has 0 aliphatic carbocycles. The Bertz CT molecular complexity index is 1220. The first kappa shape index (κ1) is 21.6. The van der Waals surface area contributed by atoms with Gasteiger partial charge in [-0.25, -0.2) is 4.79 Å². The molecule has 1 aromatic heterocycles. The molecule has 0 saturated heterocycles. The third kappa shape index (κ3) is 4.36. The Kier molecular flexibility index (Phi) is 5.96. The molecule has 1 amide bonds. The summed E-state index contributed by atoms with van der Waals surface area (Å²) >= 11 is 5.90. The van der Waals surface area contributed by atoms with Crippen molar-refractivity contribution in [1.29, 1.82) is 0 Å². The normalized spacial score (nSPS) is 13.0. The molecule has 166 valence electrons. The molecule has 2 heterocycles. The number of ether oxygens (including phenoxy) is 3. The Hall–Kier alpha value is -3.65. The summed E-state index contributed by atoms with van der Waals surface area (Å²) in [6.45, 7) is 1.57. The summed E-state index contributed by atoms with van der Waals surface area (Å²) in [6.07, 6.45) is -0.160. The van der Waals surface area contributed by atoms with Gasteiger partial charge in [0.1, 0.15) is 11.5 Å². The Morgan fingerprint density at radius 2 is 1.97 bits per heavy atom. The van der Waals surface area contributed by atoms with E-state index >= 15 is 0 Å². The highest BCUT2D eigenvalue weighted by atomic mass is 35.5. The smallest absolute Gasteiger partial charge is 0.343 e. The Morgan fingerprint density at radius 3 is 2.66 bits per heavy atom. The SMILES string of the molecule is COc1cc(C(CC(=O)Nc2ccc(Cl)cc2)c2c(O)cc(C)oc2=O)cc2c1OCO2. The van der Waals surface area contributed by atoms with Gasteiger partial charge in [0, 0.05) is 29.1 Å². The number of benzene rings is 2. The topological polar surface area (TPSA) is 107 Å². The molecule has 2 aromatic carbocycles. The molecule has 0 bridgehead atoms. The first-order valence-corrected chi connectivity index (χ1v) is 10.1. The zero-order valence-electron chi connectivity index (χ0n) is 17.3. The van der Waals surface area contributed by atoms with Gasteiger partial charge in [-0.3, -0.25) is 4.79 Å². The van der Waals surface area contributed by atoms with Crippen molar-refractivity contribution >= 4 is 23.2 Å². The second-order valence-corrected chi connectivity index (χ2v) is 7.65. The van der Waals surface area contributed by atoms with Crippen LogP contribution in [0.4, 0.5) is 5.69 Å². The van der Waals surface area contributed by atoms with Gasteiger partial charge in [0.15, 0.2) is 11.5 Å². The summed E-state index contributed by atoms with van der Waals surface area (Å²) in [5.74, 6) is -0.00670. The van der Waals surface area contributed by atoms with E-state index in [1.165, 1.54) is 13.2 Å². The number of halogens is 1. The maximum atomic E-state index is 12.9. The minimum atomic E-state index is -0.845. The van der Waals surface area contributed by atoms with Crippen LogP contribution < -0.4 is 25.2 Å². The standard InChI is InChI=1S/C23H20ClNO7/c1-12-7-17(26)21(23(28)32-12)16(10-20(27)25-15-5-3-14(24)4-6-15)13-8-18(29-2)22-19(9-13)30-11-31-22/h3-9,16,26H,10-11H2,1-2H3,(H,25,27). The molecule has 8 nitrogen and oxygen atoms in total. The molecule has 32 heavy (non-hydrogen) atoms. The third-order valence-corrected chi connectivity index (χ3v) is 5.29. The van der Waals surface area contributed by atoms with Crippen LogP contribution in [0.15, 0.2) is 51.7 Å². The zero-order chi connectivity index (χ0) is 22.8. The van der Waals surface area contributed by atoms with Crippen LogP contribution in [-0.4, -0.2) is 24.9 Å². The van der Waals surface area contributed by atoms with E-state index in [1.807, 2.05) is 0 Å². The lowest BCUT2D eigenvalue weighted by Gasteiger charge is -2.19. The van der Waals surface area contributed by atoms with Gasteiger partial charge >= 0.3 is 5.63 Å². The van der Waals surface area contributed by atoms with Crippen LogP contribution >= 0.6 is 11.6 Å². The van der Waals surface area contributed by atoms with Gasteiger partial charge < -0.3 is 29.1 Å². The molecular weight excluding hydrogens is 438 g/mol. The van der Waals surface area contributed by atoms with Gasteiger partial charge in [-0.05, 0) is 48.9 Å². The van der Waals surface area contributed by atoms with Crippen molar-refractivity contribution in [3.8, 4) is 23.0 Å². The van der Waals surface area contributed by atoms with E-state index in [9.17, 15) is 14.7 Å². The molecular formula is C23H20ClNO7. The summed E-state index contributed by atoms with van der Waals surface area (Å²) in [5.41, 5.74) is 0.289. The summed E-state index contributed by atoms with van der Waals surface area (Å²) in [7, 11) is 1.47. The van der Waals surface area contributed by atoms with Gasteiger partial charge in [-0.1, -0.05) is 11.6 Å². The highest BCUT2D eigenvalue weighted by Crippen LogP contribution is 2.45. The van der Waals surface area contributed by atoms with E-state index in [1.54, 1.807) is 43.3 Å². The Balaban J connectivity index is 1.75. The minimum Gasteiger partial charge on any atom is -0.507 e. The summed E-state index contributed by atoms with van der Waals surface area (Å²) in [4.78, 5) is 25.6. The fourth-order valence-electron chi connectivity index (χ4n) is 3.59. The number of nitrogens with one attached hydrogen (secondary N) is 1. The summed E-state index contributed by atoms with van der Waals surface area (Å²) in [5, 5.41) is 13.9. The van der Waals surface area contributed by atoms with Crippen LogP contribution in [-0.2, 0) is 4.79 Å². The molecule has 1 unspecified atom stereocenters. The highest BCUT2D eigenvalue weighted by molar-refractivity contribution is 6.30. The van der Waals surface area contributed by atoms with Crippen molar-refractivity contribution in [2.75, 3.05) is 19.2 Å². The van der Waals surface area contributed by atoms with E-state index in [0.717, 1.165) is 0 Å². The fraction of sp³-hybridized carbons (Fsp3) is 0.217. The van der Waals surface area contributed by atoms with Crippen molar-refractivity contribution in [1.82, 2.24) is 0 Å². The Labute approximate surface area is 188 Å². The molecule has 3 aromatic rings. The molecule has 0 radical (unpaired) electrons. The lowest BCUT2D eigenvalue weighted by atomic mass is 9.88. The van der Waals surface area contributed by atoms with Crippen molar-refractivity contribution < 1.29 is 28.5 Å². The first-order chi connectivity index (χ1) is 15.4. The van der Waals surface area contributed by atoms with Crippen LogP contribution in [0.2, 0.25) is 5.02 Å². The monoisotopic (exact) mass is 457 g/mol. The molecule has 1 aliphatic rings. The number of hydrogen-bond donors (Lipinski definition) is 2. The van der Waals surface area contributed by atoms with E-state index < -0.39 is 11.5 Å². The van der Waals surface area contributed by atoms with E-state index in [0.29, 0.717) is 33.5 Å². The van der Waals surface area contributed by atoms with Crippen LogP contribution in [0.1, 0.15) is 29.2 Å². The largest absolute Gasteiger partial charge is 0.507 e. The predicted octanol–water partition coefficient (Wildman–Crippen LogP) is 4.21. The van der Waals surface area contributed by atoms with Crippen molar-refractivity contribution in [2.45, 2.75) is 19.3 Å². The molecule has 0 saturated carbocycles. The second kappa shape index (κ2) is 8.84. The van der Waals surface area contributed by atoms with Crippen molar-refractivity contribution in [3.63, 3.8) is 0 Å². The van der Waals surface area contributed by atoms with Gasteiger partial charge in [0.2, 0.25) is 18.4 Å². The maximum absolute atomic E-state index is 12.9. The molecule has 4 rings (SSSR count). The lowest BCUT2D eigenvalue weighted by molar-refractivity contribution is -0.116. The second-order valence-electron chi connectivity index (χ2n) is 7.21. The van der Waals surface area contributed by atoms with Crippen LogP contribution in [0.5, 0.6) is 23.0 Å². The average Bonchev–Trinajstić information content (AvgIpc) is 3.22. The minimum absolute atomic E-state index is 0.0226. The number of methoxy groups -OCH3 is 1. The predicted molar refractivity (Wildman–Crippen MR) is 117 cm³/mol. The summed E-state index contributed by atoms with van der Waals surface area (Å²) < 4.78 is 21.5. The van der Waals surface area contributed by atoms with E-state index in [-0.39, 0.29) is 36.2 Å². The van der Waals surface area contributed by atoms with E-state index in [2.05, 4.69) is 5.32 Å². The maximum Gasteiger partial charge on any atom is 0.343 e. The highest BCUT2D eigenvalue weighted by Gasteiger charge is 2.29. The molecule has 2 N–H and O–H groups in total. The third-order valence-electron chi connectivity index (χ3n) is 5.04. The quantitative estimate of drug-likeness (QED) is 0.571. The molecule has 9 heteroatoms. The van der Waals surface area contributed by atoms with Gasteiger partial charge in [0.25, 0.3) is 0 Å². The number of carbonyl (C=O) groups is 1. The Morgan fingerprint density at radius 1 is 1.22 bits per heavy atom. The number of fused-ring (bicyclic) bond motifs is 1. The number of aryl methyl sites for hydroxylation is 1. The summed E-state index contributed by atoms with van der Waals surface area (Å²) in [6, 6.07) is 11.3. The van der Waals surface area contributed by atoms with E-state index in [4.69, 9.17) is 30.2 Å². The van der Waals surface area contributed by atoms with Crippen LogP contribution in [0.3, 0.4) is 0 Å². The average molecular weight is 458 g/mol. The zero-order valence-corrected chi connectivity index (χ0v) is 18.1. The first-order valence-electron chi connectivity index (χ1n) is 9.72. The van der Waals surface area contributed by atoms with Crippen LogP contribution in [0, 0.1) is 6.92 Å². The van der Waals surface area contributed by atoms with Crippen molar-refractivity contribution in [3.05, 3.63) is 74.8 Å². The van der Waals surface area contributed by atoms with Crippen LogP contribution in [0.25, 0.3) is 0 Å². The van der Waals surface area contributed by atoms with Crippen molar-refractivity contribution in [2.24, 2.45) is 0 Å². The number of aromatic hydroxyl groups is 1. The number of carbonyl (C=O) groups excluding carboxylic acids is 1. The van der Waals surface area contributed by atoms with Gasteiger partial charge in [-0.2, -0.15) is 0 Å². The lowest BCUT2D eigenvalue weighted by Crippen LogP contribution is -2.21. The van der Waals surface area contributed by atoms with Gasteiger partial charge in [0.05, 0.1) is 12.7 Å². The molecule has 1 aliphatic heterocycles. The number of anilines is 1. The number of amides is 1. The number of rotatable bonds is 6. The molecule has 0 fully saturated rings.